The van der Waals surface area contributed by atoms with E-state index < -0.39 is 11.2 Å². The van der Waals surface area contributed by atoms with Crippen LogP contribution in [0, 0.1) is 119 Å². The lowest BCUT2D eigenvalue weighted by atomic mass is 9.48. The monoisotopic (exact) mass is 904 g/mol. The number of fused-ring (bicyclic) bond motifs is 14. The van der Waals surface area contributed by atoms with Crippen molar-refractivity contribution in [3.8, 4) is 0 Å². The van der Waals surface area contributed by atoms with Crippen molar-refractivity contribution in [2.24, 2.45) is 106 Å². The second-order valence-corrected chi connectivity index (χ2v) is 24.3. The first-order chi connectivity index (χ1) is 29.0. The van der Waals surface area contributed by atoms with E-state index in [-0.39, 0.29) is 16.7 Å². The van der Waals surface area contributed by atoms with Gasteiger partial charge in [0.25, 0.3) is 0 Å². The standard InChI is InChI=1S/C24H36N4O2.C22H33BrO2.C2H4N4/c1-13-25-26-27-28(13)12-20(29)22-19-10-18(19)21-17-5-4-14-11-23(2,30)8-6-15(14)16(17)7-9-24(21,22)3;1-21(25)7-5-13-12(10-21)3-4-15-14(13)6-8-22(2)19(15)16-9-17(16)20(22)18(24)11-23;1-2-3-5-6-4-2/h14-19,21-22,30H,4-12H2,1-3H3;12-17,19-20,25H,3-11H2,1-2H3;1H3,(H,3,4,5,6)/t14-,15+,16-,17-,18-,19+,21-,22-,23-,24+;12-,13+,14-,15-,16-,17+,19-,20-,21-,22+;/m11./s1. The molecule has 2 aromatic rings. The fraction of sp³-hybridized carbons (Fsp3) is 0.917. The van der Waals surface area contributed by atoms with Gasteiger partial charge in [-0.2, -0.15) is 5.21 Å². The summed E-state index contributed by atoms with van der Waals surface area (Å²) < 4.78 is 1.68. The number of tetrazole rings is 2. The third-order valence-electron chi connectivity index (χ3n) is 20.3. The third kappa shape index (κ3) is 7.34. The minimum absolute atomic E-state index is 0.167. The number of halogens is 1. The number of H-pyrrole nitrogens is 1. The highest BCUT2D eigenvalue weighted by molar-refractivity contribution is 9.09. The fourth-order valence-electron chi connectivity index (χ4n) is 18.2. The van der Waals surface area contributed by atoms with Crippen LogP contribution < -0.4 is 0 Å². The molecular formula is C48H73BrN8O4. The topological polar surface area (TPSA) is 173 Å². The van der Waals surface area contributed by atoms with Crippen molar-refractivity contribution in [2.75, 3.05) is 5.33 Å². The van der Waals surface area contributed by atoms with E-state index in [9.17, 15) is 19.8 Å². The van der Waals surface area contributed by atoms with Crippen LogP contribution in [-0.2, 0) is 16.1 Å². The average molecular weight is 906 g/mol. The maximum absolute atomic E-state index is 13.5. The van der Waals surface area contributed by atoms with E-state index in [1.165, 1.54) is 77.0 Å². The predicted octanol–water partition coefficient (Wildman–Crippen LogP) is 7.76. The van der Waals surface area contributed by atoms with Crippen LogP contribution in [0.25, 0.3) is 0 Å². The number of alkyl halides is 1. The van der Waals surface area contributed by atoms with Gasteiger partial charge in [0.15, 0.2) is 11.6 Å². The second-order valence-electron chi connectivity index (χ2n) is 23.8. The molecule has 0 amide bonds. The lowest BCUT2D eigenvalue weighted by Crippen LogP contribution is -2.52. The molecule has 3 N–H and O–H groups in total. The van der Waals surface area contributed by atoms with Crippen molar-refractivity contribution in [3.63, 3.8) is 0 Å². The molecule has 2 aromatic heterocycles. The van der Waals surface area contributed by atoms with Gasteiger partial charge in [0, 0.05) is 11.8 Å². The summed E-state index contributed by atoms with van der Waals surface area (Å²) in [6, 6.07) is 0. The van der Waals surface area contributed by atoms with Crippen LogP contribution in [0.15, 0.2) is 0 Å². The van der Waals surface area contributed by atoms with Gasteiger partial charge < -0.3 is 10.2 Å². The van der Waals surface area contributed by atoms with Crippen LogP contribution in [-0.4, -0.2) is 79.1 Å². The highest BCUT2D eigenvalue weighted by atomic mass is 79.9. The average Bonchev–Trinajstić information content (AvgIpc) is 3.96. The van der Waals surface area contributed by atoms with Crippen LogP contribution in [0.4, 0.5) is 0 Å². The van der Waals surface area contributed by atoms with Crippen LogP contribution in [0.5, 0.6) is 0 Å². The van der Waals surface area contributed by atoms with Gasteiger partial charge in [-0.1, -0.05) is 35.0 Å². The third-order valence-corrected chi connectivity index (χ3v) is 20.9. The highest BCUT2D eigenvalue weighted by Gasteiger charge is 2.72. The lowest BCUT2D eigenvalue weighted by molar-refractivity contribution is -0.136. The molecule has 0 aliphatic heterocycles. The van der Waals surface area contributed by atoms with Crippen LogP contribution >= 0.6 is 15.9 Å². The lowest BCUT2D eigenvalue weighted by Gasteiger charge is -2.57. The Morgan fingerprint density at radius 1 is 0.656 bits per heavy atom. The maximum atomic E-state index is 13.5. The summed E-state index contributed by atoms with van der Waals surface area (Å²) in [5.41, 5.74) is -0.412. The molecule has 0 bridgehead atoms. The Balaban J connectivity index is 0.000000130. The van der Waals surface area contributed by atoms with Crippen molar-refractivity contribution in [1.82, 2.24) is 40.8 Å². The predicted molar refractivity (Wildman–Crippen MR) is 232 cm³/mol. The SMILES string of the molecule is C[C@@]1(O)CC[C@H]2[C@H](CC[C@@H]3[C@@H]2CC[C@@]2(C)[C@H]3[C@@H]3C[C@@H]3[C@@H]2C(=O)CBr)C1.Cc1nn[nH]n1.Cc1nnnn1CC(=O)[C@H]1[C@H]2C[C@H]2[C@H]2[C@@H]3CC[C@@H]4C[C@](C)(O)CC[C@@H]4[C@H]3CC[C@@]21C. The summed E-state index contributed by atoms with van der Waals surface area (Å²) in [5, 5.41) is 46.1. The Labute approximate surface area is 371 Å². The molecule has 13 heteroatoms. The Morgan fingerprint density at radius 3 is 1.59 bits per heavy atom. The molecule has 12 nitrogen and oxygen atoms in total. The van der Waals surface area contributed by atoms with E-state index in [1.807, 2.05) is 13.8 Å². The van der Waals surface area contributed by atoms with Crippen molar-refractivity contribution in [1.29, 1.82) is 0 Å². The van der Waals surface area contributed by atoms with Crippen molar-refractivity contribution < 1.29 is 19.8 Å². The maximum Gasteiger partial charge on any atom is 0.171 e. The van der Waals surface area contributed by atoms with E-state index in [4.69, 9.17) is 0 Å². The molecule has 10 fully saturated rings. The smallest absolute Gasteiger partial charge is 0.171 e. The number of aliphatic hydroxyl groups is 2. The Kier molecular flexibility index (Phi) is 10.9. The van der Waals surface area contributed by atoms with Gasteiger partial charge in [-0.25, -0.2) is 4.68 Å². The molecule has 0 saturated heterocycles. The molecular weight excluding hydrogens is 832 g/mol. The minimum Gasteiger partial charge on any atom is -0.390 e. The summed E-state index contributed by atoms with van der Waals surface area (Å²) >= 11 is 3.46. The number of ketones is 2. The number of rotatable bonds is 5. The van der Waals surface area contributed by atoms with Crippen molar-refractivity contribution in [3.05, 3.63) is 11.6 Å². The molecule has 0 unspecified atom stereocenters. The molecule has 0 aromatic carbocycles. The van der Waals surface area contributed by atoms with Gasteiger partial charge in [-0.3, -0.25) is 9.59 Å². The molecule has 10 saturated carbocycles. The van der Waals surface area contributed by atoms with Crippen molar-refractivity contribution in [2.45, 2.75) is 162 Å². The Bertz CT molecular complexity index is 1960. The normalized spacial score (nSPS) is 50.5. The van der Waals surface area contributed by atoms with Gasteiger partial charge in [-0.05, 0) is 235 Å². The van der Waals surface area contributed by atoms with Gasteiger partial charge in [-0.15, -0.1) is 15.3 Å². The quantitative estimate of drug-likeness (QED) is 0.252. The van der Waals surface area contributed by atoms with Crippen LogP contribution in [0.3, 0.4) is 0 Å². The van der Waals surface area contributed by atoms with Gasteiger partial charge in [0.05, 0.1) is 16.5 Å². The van der Waals surface area contributed by atoms with Crippen LogP contribution in [0.2, 0.25) is 0 Å². The molecule has 10 aliphatic rings. The van der Waals surface area contributed by atoms with Gasteiger partial charge in [0.2, 0.25) is 0 Å². The number of nitrogens with one attached hydrogen (secondary N) is 1. The fourth-order valence-corrected chi connectivity index (χ4v) is 18.6. The zero-order valence-electron chi connectivity index (χ0n) is 37.7. The van der Waals surface area contributed by atoms with E-state index in [0.717, 1.165) is 103 Å². The first kappa shape index (κ1) is 42.8. The van der Waals surface area contributed by atoms with E-state index in [2.05, 4.69) is 72.9 Å². The number of aromatic nitrogens is 8. The zero-order chi connectivity index (χ0) is 42.8. The van der Waals surface area contributed by atoms with E-state index in [1.54, 1.807) is 11.6 Å². The summed E-state index contributed by atoms with van der Waals surface area (Å²) in [5.74, 6) is 13.8. The molecule has 2 heterocycles. The first-order valence-electron chi connectivity index (χ1n) is 24.5. The molecule has 336 valence electrons. The van der Waals surface area contributed by atoms with Gasteiger partial charge in [0.1, 0.15) is 18.2 Å². The number of aryl methyl sites for hydroxylation is 2. The number of carbonyl (C=O) groups excluding carboxylic acids is 2. The molecule has 61 heavy (non-hydrogen) atoms. The minimum atomic E-state index is -0.446. The van der Waals surface area contributed by atoms with Crippen LogP contribution in [0.1, 0.15) is 142 Å². The summed E-state index contributed by atoms with van der Waals surface area (Å²) in [4.78, 5) is 26.2. The molecule has 20 atom stereocenters. The highest BCUT2D eigenvalue weighted by Crippen LogP contribution is 2.76. The van der Waals surface area contributed by atoms with Crippen molar-refractivity contribution >= 4 is 27.5 Å². The molecule has 10 aliphatic carbocycles. The summed E-state index contributed by atoms with van der Waals surface area (Å²) in [6.07, 6.45) is 19.4. The number of hydrogen-bond donors (Lipinski definition) is 3. The van der Waals surface area contributed by atoms with Gasteiger partial charge >= 0.3 is 0 Å². The Hall–Kier alpha value is -2.12. The zero-order valence-corrected chi connectivity index (χ0v) is 39.3. The van der Waals surface area contributed by atoms with E-state index >= 15 is 0 Å². The number of Topliss-reactive ketones (excluding diaryl/α,β-unsaturated/α-hetero) is 2. The number of carbonyl (C=O) groups is 2. The first-order valence-corrected chi connectivity index (χ1v) is 25.6. The second kappa shape index (κ2) is 15.5. The molecule has 0 spiro atoms. The number of aromatic amines is 1. The number of hydrogen-bond acceptors (Lipinski definition) is 10. The largest absolute Gasteiger partial charge is 0.390 e. The molecule has 0 radical (unpaired) electrons. The molecule has 12 rings (SSSR count). The van der Waals surface area contributed by atoms with E-state index in [0.29, 0.717) is 47.0 Å². The summed E-state index contributed by atoms with van der Waals surface area (Å²) in [7, 11) is 0. The Morgan fingerprint density at radius 2 is 1.16 bits per heavy atom. The summed E-state index contributed by atoms with van der Waals surface area (Å²) in [6.45, 7) is 13.0. The number of nitrogens with zero attached hydrogens (tertiary/aromatic N) is 7.